The summed E-state index contributed by atoms with van der Waals surface area (Å²) in [5, 5.41) is 3.79. The van der Waals surface area contributed by atoms with Crippen LogP contribution >= 0.6 is 0 Å². The number of rotatable bonds is 3. The fraction of sp³-hybridized carbons (Fsp3) is 0.647. The Bertz CT molecular complexity index is 390. The molecule has 3 rings (SSSR count). The molecule has 2 fully saturated rings. The molecule has 2 nitrogen and oxygen atoms in total. The lowest BCUT2D eigenvalue weighted by Crippen LogP contribution is -2.44. The molecule has 104 valence electrons. The summed E-state index contributed by atoms with van der Waals surface area (Å²) in [4.78, 5) is 2.51. The topological polar surface area (TPSA) is 15.3 Å². The van der Waals surface area contributed by atoms with Gasteiger partial charge in [-0.2, -0.15) is 0 Å². The molecule has 0 spiro atoms. The predicted octanol–water partition coefficient (Wildman–Crippen LogP) is 2.55. The highest BCUT2D eigenvalue weighted by Gasteiger charge is 2.34. The van der Waals surface area contributed by atoms with Crippen LogP contribution in [0.4, 0.5) is 0 Å². The summed E-state index contributed by atoms with van der Waals surface area (Å²) in [5.41, 5.74) is 1.50. The fourth-order valence-electron chi connectivity index (χ4n) is 3.98. The molecule has 0 bridgehead atoms. The van der Waals surface area contributed by atoms with Crippen LogP contribution in [0.1, 0.15) is 24.8 Å². The molecular weight excluding hydrogens is 232 g/mol. The van der Waals surface area contributed by atoms with E-state index in [0.717, 1.165) is 17.9 Å². The van der Waals surface area contributed by atoms with Crippen LogP contribution in [0.15, 0.2) is 30.3 Å². The van der Waals surface area contributed by atoms with Crippen molar-refractivity contribution in [2.75, 3.05) is 26.7 Å². The summed E-state index contributed by atoms with van der Waals surface area (Å²) < 4.78 is 0. The van der Waals surface area contributed by atoms with Gasteiger partial charge in [0.05, 0.1) is 0 Å². The van der Waals surface area contributed by atoms with Gasteiger partial charge in [0, 0.05) is 12.6 Å². The molecule has 19 heavy (non-hydrogen) atoms. The summed E-state index contributed by atoms with van der Waals surface area (Å²) in [5.74, 6) is 1.69. The van der Waals surface area contributed by atoms with E-state index in [1.807, 2.05) is 0 Å². The number of benzene rings is 1. The number of likely N-dealkylation sites (tertiary alicyclic amines) is 1. The number of hydrogen-bond acceptors (Lipinski definition) is 2. The molecule has 2 aliphatic heterocycles. The summed E-state index contributed by atoms with van der Waals surface area (Å²) in [6.07, 6.45) is 5.38. The van der Waals surface area contributed by atoms with Crippen molar-refractivity contribution in [1.29, 1.82) is 0 Å². The van der Waals surface area contributed by atoms with Gasteiger partial charge in [0.2, 0.25) is 0 Å². The third-order valence-corrected chi connectivity index (χ3v) is 4.91. The molecule has 2 saturated heterocycles. The van der Waals surface area contributed by atoms with Gasteiger partial charge in [-0.15, -0.1) is 0 Å². The van der Waals surface area contributed by atoms with Gasteiger partial charge in [-0.3, -0.25) is 0 Å². The Kier molecular flexibility index (Phi) is 4.19. The highest BCUT2D eigenvalue weighted by molar-refractivity contribution is 5.16. The highest BCUT2D eigenvalue weighted by atomic mass is 15.1. The molecule has 2 aliphatic rings. The Labute approximate surface area is 117 Å². The minimum absolute atomic E-state index is 0.739. The molecule has 0 radical (unpaired) electrons. The van der Waals surface area contributed by atoms with Crippen molar-refractivity contribution in [3.8, 4) is 0 Å². The Morgan fingerprint density at radius 2 is 2.05 bits per heavy atom. The molecular formula is C17H26N2. The smallest absolute Gasteiger partial charge is 0.0139 e. The molecule has 1 N–H and O–H groups in total. The summed E-state index contributed by atoms with van der Waals surface area (Å²) in [6, 6.07) is 11.7. The predicted molar refractivity (Wildman–Crippen MR) is 80.3 cm³/mol. The zero-order chi connectivity index (χ0) is 13.1. The standard InChI is InChI=1S/C17H26N2/c1-19-11-5-8-16(13-19)17-15(9-10-18-17)12-14-6-3-2-4-7-14/h2-4,6-7,15-18H,5,8-13H2,1H3. The van der Waals surface area contributed by atoms with Crippen LogP contribution in [0.25, 0.3) is 0 Å². The first kappa shape index (κ1) is 13.1. The van der Waals surface area contributed by atoms with Gasteiger partial charge in [-0.25, -0.2) is 0 Å². The van der Waals surface area contributed by atoms with E-state index in [-0.39, 0.29) is 0 Å². The lowest BCUT2D eigenvalue weighted by Gasteiger charge is -2.36. The minimum atomic E-state index is 0.739. The van der Waals surface area contributed by atoms with Crippen LogP contribution in [0.3, 0.4) is 0 Å². The van der Waals surface area contributed by atoms with Crippen molar-refractivity contribution in [3.05, 3.63) is 35.9 Å². The maximum absolute atomic E-state index is 3.79. The summed E-state index contributed by atoms with van der Waals surface area (Å²) in [6.45, 7) is 3.78. The molecule has 2 heteroatoms. The van der Waals surface area contributed by atoms with Crippen LogP contribution < -0.4 is 5.32 Å². The van der Waals surface area contributed by atoms with Crippen LogP contribution in [-0.2, 0) is 6.42 Å². The average molecular weight is 258 g/mol. The van der Waals surface area contributed by atoms with Gasteiger partial charge < -0.3 is 10.2 Å². The van der Waals surface area contributed by atoms with Crippen LogP contribution in [-0.4, -0.2) is 37.6 Å². The lowest BCUT2D eigenvalue weighted by atomic mass is 9.81. The number of nitrogens with one attached hydrogen (secondary N) is 1. The van der Waals surface area contributed by atoms with Crippen LogP contribution in [0.2, 0.25) is 0 Å². The summed E-state index contributed by atoms with van der Waals surface area (Å²) in [7, 11) is 2.27. The Morgan fingerprint density at radius 1 is 1.21 bits per heavy atom. The minimum Gasteiger partial charge on any atom is -0.313 e. The van der Waals surface area contributed by atoms with E-state index in [1.165, 1.54) is 50.9 Å². The monoisotopic (exact) mass is 258 g/mol. The molecule has 0 saturated carbocycles. The first-order chi connectivity index (χ1) is 9.33. The van der Waals surface area contributed by atoms with E-state index in [1.54, 1.807) is 0 Å². The van der Waals surface area contributed by atoms with E-state index in [4.69, 9.17) is 0 Å². The Balaban J connectivity index is 1.64. The van der Waals surface area contributed by atoms with Gasteiger partial charge >= 0.3 is 0 Å². The zero-order valence-electron chi connectivity index (χ0n) is 12.0. The molecule has 2 heterocycles. The number of hydrogen-bond donors (Lipinski definition) is 1. The Morgan fingerprint density at radius 3 is 2.84 bits per heavy atom. The van der Waals surface area contributed by atoms with Crippen molar-refractivity contribution in [3.63, 3.8) is 0 Å². The molecule has 0 amide bonds. The number of nitrogens with zero attached hydrogens (tertiary/aromatic N) is 1. The molecule has 1 aromatic carbocycles. The van der Waals surface area contributed by atoms with E-state index >= 15 is 0 Å². The average Bonchev–Trinajstić information content (AvgIpc) is 2.88. The third kappa shape index (κ3) is 3.18. The van der Waals surface area contributed by atoms with Crippen LogP contribution in [0.5, 0.6) is 0 Å². The first-order valence-electron chi connectivity index (χ1n) is 7.79. The second-order valence-corrected chi connectivity index (χ2v) is 6.38. The molecule has 3 unspecified atom stereocenters. The van der Waals surface area contributed by atoms with Crippen molar-refractivity contribution in [2.24, 2.45) is 11.8 Å². The maximum Gasteiger partial charge on any atom is 0.0139 e. The second-order valence-electron chi connectivity index (χ2n) is 6.38. The fourth-order valence-corrected chi connectivity index (χ4v) is 3.98. The van der Waals surface area contributed by atoms with E-state index in [0.29, 0.717) is 0 Å². The van der Waals surface area contributed by atoms with Crippen molar-refractivity contribution < 1.29 is 0 Å². The van der Waals surface area contributed by atoms with Crippen molar-refractivity contribution >= 4 is 0 Å². The summed E-state index contributed by atoms with van der Waals surface area (Å²) >= 11 is 0. The van der Waals surface area contributed by atoms with Crippen LogP contribution in [0, 0.1) is 11.8 Å². The van der Waals surface area contributed by atoms with Gasteiger partial charge in [0.1, 0.15) is 0 Å². The zero-order valence-corrected chi connectivity index (χ0v) is 12.0. The quantitative estimate of drug-likeness (QED) is 0.896. The highest BCUT2D eigenvalue weighted by Crippen LogP contribution is 2.30. The maximum atomic E-state index is 3.79. The van der Waals surface area contributed by atoms with Gasteiger partial charge in [0.15, 0.2) is 0 Å². The van der Waals surface area contributed by atoms with E-state index < -0.39 is 0 Å². The van der Waals surface area contributed by atoms with Gasteiger partial charge in [-0.1, -0.05) is 30.3 Å². The van der Waals surface area contributed by atoms with E-state index in [9.17, 15) is 0 Å². The number of piperidine rings is 1. The first-order valence-corrected chi connectivity index (χ1v) is 7.79. The third-order valence-electron chi connectivity index (χ3n) is 4.91. The van der Waals surface area contributed by atoms with Gasteiger partial charge in [-0.05, 0) is 63.2 Å². The SMILES string of the molecule is CN1CCCC(C2NCCC2Cc2ccccc2)C1. The van der Waals surface area contributed by atoms with E-state index in [2.05, 4.69) is 47.6 Å². The lowest BCUT2D eigenvalue weighted by molar-refractivity contribution is 0.162. The Hall–Kier alpha value is -0.860. The molecule has 3 atom stereocenters. The van der Waals surface area contributed by atoms with Gasteiger partial charge in [0.25, 0.3) is 0 Å². The molecule has 0 aliphatic carbocycles. The normalized spacial score (nSPS) is 32.6. The largest absolute Gasteiger partial charge is 0.313 e. The molecule has 1 aromatic rings. The molecule has 0 aromatic heterocycles. The van der Waals surface area contributed by atoms with Crippen molar-refractivity contribution in [2.45, 2.75) is 31.7 Å². The second kappa shape index (κ2) is 6.06. The van der Waals surface area contributed by atoms with Crippen molar-refractivity contribution in [1.82, 2.24) is 10.2 Å².